The van der Waals surface area contributed by atoms with E-state index in [9.17, 15) is 0 Å². The minimum atomic E-state index is 0.173. The van der Waals surface area contributed by atoms with Crippen molar-refractivity contribution in [1.29, 1.82) is 0 Å². The summed E-state index contributed by atoms with van der Waals surface area (Å²) in [5.74, 6) is 2.22. The van der Waals surface area contributed by atoms with Crippen molar-refractivity contribution in [2.75, 3.05) is 23.7 Å². The number of benzene rings is 2. The molecule has 0 aliphatic carbocycles. The van der Waals surface area contributed by atoms with Crippen LogP contribution < -0.4 is 14.8 Å². The van der Waals surface area contributed by atoms with Crippen molar-refractivity contribution < 1.29 is 4.74 Å². The van der Waals surface area contributed by atoms with E-state index in [0.29, 0.717) is 30.3 Å². The molecule has 0 spiro atoms. The Kier molecular flexibility index (Phi) is 15.9. The predicted octanol–water partition coefficient (Wildman–Crippen LogP) is 9.10. The highest BCUT2D eigenvalue weighted by atomic mass is 32.2. The van der Waals surface area contributed by atoms with Crippen molar-refractivity contribution in [3.05, 3.63) is 59.7 Å². The SMILES string of the molecule is C=NC.CC.CC.Cc1cccc(C)c1-c1cc2nc(n1)NSc1cccc(c1)NC(C(C)CC(C)C)CO2. The highest BCUT2D eigenvalue weighted by molar-refractivity contribution is 8.00. The van der Waals surface area contributed by atoms with Crippen molar-refractivity contribution in [1.82, 2.24) is 9.97 Å². The van der Waals surface area contributed by atoms with Crippen molar-refractivity contribution in [2.45, 2.75) is 79.7 Å². The maximum absolute atomic E-state index is 6.29. The average Bonchev–Trinajstić information content (AvgIpc) is 2.92. The third kappa shape index (κ3) is 10.9. The van der Waals surface area contributed by atoms with Gasteiger partial charge in [-0.3, -0.25) is 4.72 Å². The van der Waals surface area contributed by atoms with E-state index in [1.54, 1.807) is 7.05 Å². The number of hydrogen-bond donors (Lipinski definition) is 2. The van der Waals surface area contributed by atoms with Gasteiger partial charge in [-0.15, -0.1) is 0 Å². The molecule has 0 saturated heterocycles. The zero-order valence-electron chi connectivity index (χ0n) is 25.6. The zero-order valence-corrected chi connectivity index (χ0v) is 26.4. The van der Waals surface area contributed by atoms with Crippen molar-refractivity contribution >= 4 is 30.3 Å². The number of aromatic nitrogens is 2. The summed E-state index contributed by atoms with van der Waals surface area (Å²) in [6.45, 7) is 22.7. The van der Waals surface area contributed by atoms with Gasteiger partial charge in [0, 0.05) is 29.3 Å². The Morgan fingerprint density at radius 3 is 2.23 bits per heavy atom. The molecule has 214 valence electrons. The first kappa shape index (κ1) is 34.0. The summed E-state index contributed by atoms with van der Waals surface area (Å²) in [6, 6.07) is 16.9. The smallest absolute Gasteiger partial charge is 0.237 e. The molecule has 2 unspecified atom stereocenters. The molecular weight excluding hydrogens is 502 g/mol. The van der Waals surface area contributed by atoms with E-state index in [0.717, 1.165) is 28.3 Å². The second kappa shape index (κ2) is 18.3. The van der Waals surface area contributed by atoms with Crippen LogP contribution in [0.4, 0.5) is 11.6 Å². The quantitative estimate of drug-likeness (QED) is 0.249. The summed E-state index contributed by atoms with van der Waals surface area (Å²) in [5.41, 5.74) is 5.48. The Morgan fingerprint density at radius 2 is 1.62 bits per heavy atom. The Morgan fingerprint density at radius 1 is 1.00 bits per heavy atom. The summed E-state index contributed by atoms with van der Waals surface area (Å²) >= 11 is 1.51. The van der Waals surface area contributed by atoms with E-state index >= 15 is 0 Å². The predicted molar refractivity (Wildman–Crippen MR) is 173 cm³/mol. The molecule has 0 saturated carbocycles. The average molecular weight is 552 g/mol. The molecule has 0 amide bonds. The lowest BCUT2D eigenvalue weighted by atomic mass is 9.92. The Balaban J connectivity index is 0.000000996. The van der Waals surface area contributed by atoms with Gasteiger partial charge in [-0.25, -0.2) is 4.98 Å². The van der Waals surface area contributed by atoms with E-state index in [2.05, 4.69) is 104 Å². The Bertz CT molecular complexity index is 1120. The molecule has 2 aromatic carbocycles. The lowest BCUT2D eigenvalue weighted by Gasteiger charge is -2.28. The minimum absolute atomic E-state index is 0.173. The lowest BCUT2D eigenvalue weighted by Crippen LogP contribution is -2.34. The molecule has 1 aliphatic rings. The maximum atomic E-state index is 6.29. The van der Waals surface area contributed by atoms with E-state index in [4.69, 9.17) is 9.72 Å². The molecule has 2 N–H and O–H groups in total. The fourth-order valence-electron chi connectivity index (χ4n) is 4.29. The zero-order chi connectivity index (χ0) is 29.4. The normalized spacial score (nSPS) is 14.4. The molecule has 4 rings (SSSR count). The fourth-order valence-corrected chi connectivity index (χ4v) is 4.92. The third-order valence-electron chi connectivity index (χ3n) is 5.83. The van der Waals surface area contributed by atoms with Gasteiger partial charge in [0.1, 0.15) is 6.61 Å². The number of nitrogens with one attached hydrogen (secondary N) is 2. The molecule has 7 heteroatoms. The van der Waals surface area contributed by atoms with Crippen LogP contribution in [0.1, 0.15) is 66.0 Å². The van der Waals surface area contributed by atoms with Gasteiger partial charge in [0.25, 0.3) is 0 Å². The van der Waals surface area contributed by atoms with Crippen LogP contribution in [0.25, 0.3) is 11.3 Å². The first-order valence-corrected chi connectivity index (χ1v) is 14.8. The van der Waals surface area contributed by atoms with Gasteiger partial charge in [0.15, 0.2) is 0 Å². The molecule has 2 atom stereocenters. The molecule has 1 aliphatic heterocycles. The monoisotopic (exact) mass is 551 g/mol. The summed E-state index contributed by atoms with van der Waals surface area (Å²) < 4.78 is 9.59. The van der Waals surface area contributed by atoms with E-state index in [-0.39, 0.29) is 6.04 Å². The number of ether oxygens (including phenoxy) is 1. The summed E-state index contributed by atoms with van der Waals surface area (Å²) in [4.78, 5) is 13.8. The van der Waals surface area contributed by atoms with Crippen LogP contribution in [0.5, 0.6) is 5.88 Å². The molecule has 4 bridgehead atoms. The van der Waals surface area contributed by atoms with Gasteiger partial charge < -0.3 is 15.0 Å². The second-order valence-corrected chi connectivity index (χ2v) is 10.3. The number of anilines is 2. The molecular formula is C32H49N5OS. The van der Waals surface area contributed by atoms with Crippen molar-refractivity contribution in [2.24, 2.45) is 16.8 Å². The van der Waals surface area contributed by atoms with Crippen LogP contribution in [0.15, 0.2) is 58.4 Å². The van der Waals surface area contributed by atoms with Gasteiger partial charge in [0.05, 0.1) is 11.7 Å². The number of fused-ring (bicyclic) bond motifs is 4. The number of aliphatic imine (C=N–C) groups is 1. The maximum Gasteiger partial charge on any atom is 0.237 e. The minimum Gasteiger partial charge on any atom is -0.475 e. The van der Waals surface area contributed by atoms with Crippen LogP contribution in [0.2, 0.25) is 0 Å². The third-order valence-corrected chi connectivity index (χ3v) is 6.60. The summed E-state index contributed by atoms with van der Waals surface area (Å²) in [6.07, 6.45) is 1.12. The lowest BCUT2D eigenvalue weighted by molar-refractivity contribution is 0.242. The first-order chi connectivity index (χ1) is 18.8. The van der Waals surface area contributed by atoms with Gasteiger partial charge in [-0.2, -0.15) is 4.98 Å². The first-order valence-electron chi connectivity index (χ1n) is 14.0. The van der Waals surface area contributed by atoms with Crippen molar-refractivity contribution in [3.8, 4) is 17.1 Å². The van der Waals surface area contributed by atoms with Crippen LogP contribution in [0, 0.1) is 25.7 Å². The van der Waals surface area contributed by atoms with Gasteiger partial charge in [0.2, 0.25) is 11.8 Å². The number of aryl methyl sites for hydroxylation is 2. The molecule has 2 heterocycles. The Labute approximate surface area is 241 Å². The molecule has 0 radical (unpaired) electrons. The highest BCUT2D eigenvalue weighted by Crippen LogP contribution is 2.31. The van der Waals surface area contributed by atoms with Gasteiger partial charge in [-0.1, -0.05) is 72.7 Å². The molecule has 1 aromatic heterocycles. The Hall–Kier alpha value is -3.06. The molecule has 3 aromatic rings. The fraction of sp³-hybridized carbons (Fsp3) is 0.469. The highest BCUT2D eigenvalue weighted by Gasteiger charge is 2.21. The molecule has 6 nitrogen and oxygen atoms in total. The van der Waals surface area contributed by atoms with Crippen LogP contribution >= 0.6 is 11.9 Å². The number of rotatable bonds is 4. The van der Waals surface area contributed by atoms with E-state index < -0.39 is 0 Å². The second-order valence-electron chi connectivity index (χ2n) is 9.40. The standard InChI is InChI=1S/C26H32N4OS.C2H5N.2C2H6/c1-16(2)12-19(5)23-15-31-24-14-22(25-17(3)8-6-9-18(25)4)28-26(29-24)30-32-21-11-7-10-20(13-21)27-23;1-3-2;2*1-2/h6-11,13-14,16,19,23,27H,12,15H2,1-5H3,(H,28,29,30);1H2,2H3;2*1-2H3. The van der Waals surface area contributed by atoms with Crippen molar-refractivity contribution in [3.63, 3.8) is 0 Å². The largest absolute Gasteiger partial charge is 0.475 e. The van der Waals surface area contributed by atoms with Crippen LogP contribution in [-0.2, 0) is 0 Å². The van der Waals surface area contributed by atoms with Crippen LogP contribution in [0.3, 0.4) is 0 Å². The summed E-state index contributed by atoms with van der Waals surface area (Å²) in [5, 5.41) is 3.70. The molecule has 0 fully saturated rings. The number of nitrogens with zero attached hydrogens (tertiary/aromatic N) is 3. The number of hydrogen-bond acceptors (Lipinski definition) is 7. The summed E-state index contributed by atoms with van der Waals surface area (Å²) in [7, 11) is 1.64. The van der Waals surface area contributed by atoms with Gasteiger partial charge >= 0.3 is 0 Å². The van der Waals surface area contributed by atoms with E-state index in [1.165, 1.54) is 23.1 Å². The van der Waals surface area contributed by atoms with Crippen LogP contribution in [-0.4, -0.2) is 36.4 Å². The molecule has 39 heavy (non-hydrogen) atoms. The van der Waals surface area contributed by atoms with Gasteiger partial charge in [-0.05, 0) is 80.1 Å². The van der Waals surface area contributed by atoms with E-state index in [1.807, 2.05) is 33.8 Å². The topological polar surface area (TPSA) is 71.4 Å².